The van der Waals surface area contributed by atoms with E-state index in [0.29, 0.717) is 0 Å². The van der Waals surface area contributed by atoms with Crippen LogP contribution in [0.25, 0.3) is 6.08 Å². The van der Waals surface area contributed by atoms with Gasteiger partial charge in [0.1, 0.15) is 0 Å². The Bertz CT molecular complexity index is 326. The lowest BCUT2D eigenvalue weighted by molar-refractivity contribution is 1.25. The van der Waals surface area contributed by atoms with E-state index < -0.39 is 0 Å². The van der Waals surface area contributed by atoms with Gasteiger partial charge in [0.15, 0.2) is 0 Å². The molecule has 1 aromatic rings. The predicted octanol–water partition coefficient (Wildman–Crippen LogP) is 4.11. The van der Waals surface area contributed by atoms with Crippen LogP contribution in [-0.4, -0.2) is 0 Å². The third-order valence-electron chi connectivity index (χ3n) is 1.92. The van der Waals surface area contributed by atoms with E-state index in [2.05, 4.69) is 13.2 Å². The maximum atomic E-state index is 5.93. The summed E-state index contributed by atoms with van der Waals surface area (Å²) in [6, 6.07) is 5.84. The highest BCUT2D eigenvalue weighted by atomic mass is 35.5. The van der Waals surface area contributed by atoms with E-state index in [1.807, 2.05) is 31.2 Å². The molecular weight excluding hydrogens is 180 g/mol. The second-order valence-electron chi connectivity index (χ2n) is 2.86. The van der Waals surface area contributed by atoms with Crippen molar-refractivity contribution in [3.63, 3.8) is 0 Å². The lowest BCUT2D eigenvalue weighted by atomic mass is 9.99. The fourth-order valence-corrected chi connectivity index (χ4v) is 1.32. The molecule has 0 spiro atoms. The SMILES string of the molecule is C=C[C](C)c1cc(Cl)cc(C=C)c1. The first-order valence-corrected chi connectivity index (χ1v) is 4.44. The van der Waals surface area contributed by atoms with Crippen LogP contribution in [0.15, 0.2) is 37.4 Å². The molecule has 0 N–H and O–H groups in total. The summed E-state index contributed by atoms with van der Waals surface area (Å²) in [6.07, 6.45) is 3.60. The van der Waals surface area contributed by atoms with Gasteiger partial charge in [-0.2, -0.15) is 0 Å². The van der Waals surface area contributed by atoms with Gasteiger partial charge < -0.3 is 0 Å². The summed E-state index contributed by atoms with van der Waals surface area (Å²) >= 11 is 5.93. The summed E-state index contributed by atoms with van der Waals surface area (Å²) in [6.45, 7) is 9.43. The number of hydrogen-bond acceptors (Lipinski definition) is 0. The summed E-state index contributed by atoms with van der Waals surface area (Å²) in [5.74, 6) is 1.12. The highest BCUT2D eigenvalue weighted by Crippen LogP contribution is 2.22. The molecule has 0 saturated carbocycles. The van der Waals surface area contributed by atoms with Gasteiger partial charge in [-0.15, -0.1) is 6.58 Å². The fourth-order valence-electron chi connectivity index (χ4n) is 1.08. The minimum absolute atomic E-state index is 0.730. The molecule has 0 fully saturated rings. The second kappa shape index (κ2) is 4.29. The summed E-state index contributed by atoms with van der Waals surface area (Å²) in [5, 5.41) is 0.730. The van der Waals surface area contributed by atoms with E-state index in [4.69, 9.17) is 11.6 Å². The molecule has 0 aliphatic heterocycles. The van der Waals surface area contributed by atoms with Crippen molar-refractivity contribution < 1.29 is 0 Å². The Morgan fingerprint density at radius 3 is 2.54 bits per heavy atom. The van der Waals surface area contributed by atoms with Gasteiger partial charge in [0, 0.05) is 10.9 Å². The average molecular weight is 192 g/mol. The largest absolute Gasteiger partial charge is 0.102 e. The van der Waals surface area contributed by atoms with Crippen molar-refractivity contribution in [2.45, 2.75) is 6.92 Å². The van der Waals surface area contributed by atoms with Gasteiger partial charge >= 0.3 is 0 Å². The average Bonchev–Trinajstić information content (AvgIpc) is 2.15. The molecule has 0 aromatic heterocycles. The number of allylic oxidation sites excluding steroid dienone is 1. The molecule has 0 bridgehead atoms. The molecule has 1 radical (unpaired) electrons. The van der Waals surface area contributed by atoms with E-state index >= 15 is 0 Å². The van der Waals surface area contributed by atoms with E-state index in [1.54, 1.807) is 6.08 Å². The molecule has 67 valence electrons. The lowest BCUT2D eigenvalue weighted by Crippen LogP contribution is -1.90. The Kier molecular flexibility index (Phi) is 3.32. The third-order valence-corrected chi connectivity index (χ3v) is 2.14. The van der Waals surface area contributed by atoms with Gasteiger partial charge in [0.2, 0.25) is 0 Å². The zero-order chi connectivity index (χ0) is 9.84. The Hall–Kier alpha value is -1.01. The molecule has 0 saturated heterocycles. The van der Waals surface area contributed by atoms with Crippen molar-refractivity contribution in [2.24, 2.45) is 0 Å². The van der Waals surface area contributed by atoms with Gasteiger partial charge in [-0.3, -0.25) is 0 Å². The molecule has 0 nitrogen and oxygen atoms in total. The predicted molar refractivity (Wildman–Crippen MR) is 59.8 cm³/mol. The minimum atomic E-state index is 0.730. The number of hydrogen-bond donors (Lipinski definition) is 0. The summed E-state index contributed by atoms with van der Waals surface area (Å²) < 4.78 is 0. The van der Waals surface area contributed by atoms with E-state index in [9.17, 15) is 0 Å². The smallest absolute Gasteiger partial charge is 0.0415 e. The number of rotatable bonds is 3. The van der Waals surface area contributed by atoms with Crippen LogP contribution in [0.3, 0.4) is 0 Å². The minimum Gasteiger partial charge on any atom is -0.102 e. The van der Waals surface area contributed by atoms with Crippen LogP contribution < -0.4 is 0 Å². The van der Waals surface area contributed by atoms with Crippen LogP contribution in [0.1, 0.15) is 18.1 Å². The molecule has 0 amide bonds. The number of benzene rings is 1. The molecule has 0 unspecified atom stereocenters. The van der Waals surface area contributed by atoms with Crippen LogP contribution in [-0.2, 0) is 0 Å². The second-order valence-corrected chi connectivity index (χ2v) is 3.30. The van der Waals surface area contributed by atoms with Crippen molar-refractivity contribution in [1.29, 1.82) is 0 Å². The molecule has 0 atom stereocenters. The standard InChI is InChI=1S/C12H12Cl/c1-4-9(3)11-6-10(5-2)7-12(13)8-11/h4-8H,1-2H2,3H3. The molecular formula is C12H12Cl. The van der Waals surface area contributed by atoms with Crippen molar-refractivity contribution in [1.82, 2.24) is 0 Å². The van der Waals surface area contributed by atoms with Crippen LogP contribution in [0.2, 0.25) is 5.02 Å². The third kappa shape index (κ3) is 2.46. The van der Waals surface area contributed by atoms with E-state index in [1.165, 1.54) is 0 Å². The van der Waals surface area contributed by atoms with Gasteiger partial charge in [-0.05, 0) is 23.3 Å². The zero-order valence-electron chi connectivity index (χ0n) is 7.68. The molecule has 13 heavy (non-hydrogen) atoms. The zero-order valence-corrected chi connectivity index (χ0v) is 8.43. The highest BCUT2D eigenvalue weighted by molar-refractivity contribution is 6.30. The first-order chi connectivity index (χ1) is 6.17. The maximum Gasteiger partial charge on any atom is 0.0415 e. The topological polar surface area (TPSA) is 0 Å². The Balaban J connectivity index is 3.14. The van der Waals surface area contributed by atoms with Crippen LogP contribution in [0.5, 0.6) is 0 Å². The first-order valence-electron chi connectivity index (χ1n) is 4.06. The van der Waals surface area contributed by atoms with E-state index in [0.717, 1.165) is 22.1 Å². The van der Waals surface area contributed by atoms with Crippen molar-refractivity contribution in [3.8, 4) is 0 Å². The van der Waals surface area contributed by atoms with Gasteiger partial charge in [-0.1, -0.05) is 43.3 Å². The first kappa shape index (κ1) is 10.1. The molecule has 0 aliphatic carbocycles. The van der Waals surface area contributed by atoms with Crippen LogP contribution in [0.4, 0.5) is 0 Å². The molecule has 0 heterocycles. The monoisotopic (exact) mass is 191 g/mol. The highest BCUT2D eigenvalue weighted by Gasteiger charge is 2.03. The van der Waals surface area contributed by atoms with Gasteiger partial charge in [0.25, 0.3) is 0 Å². The van der Waals surface area contributed by atoms with Crippen LogP contribution in [0, 0.1) is 5.92 Å². The van der Waals surface area contributed by atoms with Crippen LogP contribution >= 0.6 is 11.6 Å². The summed E-state index contributed by atoms with van der Waals surface area (Å²) in [5.41, 5.74) is 2.13. The summed E-state index contributed by atoms with van der Waals surface area (Å²) in [4.78, 5) is 0. The van der Waals surface area contributed by atoms with Crippen molar-refractivity contribution in [3.05, 3.63) is 59.5 Å². The van der Waals surface area contributed by atoms with Crippen molar-refractivity contribution in [2.75, 3.05) is 0 Å². The quantitative estimate of drug-likeness (QED) is 0.675. The van der Waals surface area contributed by atoms with E-state index in [-0.39, 0.29) is 0 Å². The molecule has 0 aliphatic rings. The lowest BCUT2D eigenvalue weighted by Gasteiger charge is -2.07. The molecule has 1 heteroatoms. The normalized spacial score (nSPS) is 10.1. The summed E-state index contributed by atoms with van der Waals surface area (Å²) in [7, 11) is 0. The van der Waals surface area contributed by atoms with Gasteiger partial charge in [0.05, 0.1) is 0 Å². The van der Waals surface area contributed by atoms with Crippen molar-refractivity contribution >= 4 is 17.7 Å². The Morgan fingerprint density at radius 2 is 2.00 bits per heavy atom. The number of halogens is 1. The molecule has 1 rings (SSSR count). The fraction of sp³-hybridized carbons (Fsp3) is 0.0833. The Morgan fingerprint density at radius 1 is 1.31 bits per heavy atom. The maximum absolute atomic E-state index is 5.93. The Labute approximate surface area is 84.5 Å². The van der Waals surface area contributed by atoms with Gasteiger partial charge in [-0.25, -0.2) is 0 Å². The molecule has 1 aromatic carbocycles.